The van der Waals surface area contributed by atoms with E-state index in [9.17, 15) is 21.6 Å². The fourth-order valence-electron chi connectivity index (χ4n) is 1.95. The second kappa shape index (κ2) is 5.61. The molecular weight excluding hydrogens is 293 g/mol. The largest absolute Gasteiger partial charge is 0.399 e. The maximum atomic E-state index is 12.3. The highest BCUT2D eigenvalue weighted by atomic mass is 32.2. The molecule has 8 heteroatoms. The lowest BCUT2D eigenvalue weighted by molar-refractivity contribution is -0.135. The normalized spacial score (nSPS) is 12.9. The molecule has 2 N–H and O–H groups in total. The summed E-state index contributed by atoms with van der Waals surface area (Å²) in [5.41, 5.74) is 6.86. The zero-order valence-corrected chi connectivity index (χ0v) is 12.3. The van der Waals surface area contributed by atoms with Gasteiger partial charge in [0.1, 0.15) is 0 Å². The van der Waals surface area contributed by atoms with E-state index in [1.807, 2.05) is 0 Å². The van der Waals surface area contributed by atoms with Gasteiger partial charge in [-0.2, -0.15) is 13.2 Å². The van der Waals surface area contributed by atoms with Crippen LogP contribution < -0.4 is 5.73 Å². The van der Waals surface area contributed by atoms with Crippen LogP contribution in [0.15, 0.2) is 17.0 Å². The molecule has 0 fully saturated rings. The topological polar surface area (TPSA) is 63.4 Å². The molecule has 0 aliphatic heterocycles. The van der Waals surface area contributed by atoms with Gasteiger partial charge in [-0.05, 0) is 37.1 Å². The summed E-state index contributed by atoms with van der Waals surface area (Å²) in [7, 11) is -2.83. The first-order valence-corrected chi connectivity index (χ1v) is 7.29. The van der Waals surface area contributed by atoms with Crippen LogP contribution >= 0.6 is 0 Å². The van der Waals surface area contributed by atoms with Crippen molar-refractivity contribution >= 4 is 15.7 Å². The van der Waals surface area contributed by atoms with E-state index in [0.29, 0.717) is 21.1 Å². The Bertz CT molecular complexity index is 574. The summed E-state index contributed by atoms with van der Waals surface area (Å²) in [6.45, 7) is 2.51. The van der Waals surface area contributed by atoms with Gasteiger partial charge in [0.2, 0.25) is 10.0 Å². The standard InChI is InChI=1S/C12H17F3N2O2S/c1-8-6-10(16)7-9(2)11(8)20(18,19)17(3)5-4-12(13,14)15/h6-7H,4-5,16H2,1-3H3. The molecule has 0 bridgehead atoms. The van der Waals surface area contributed by atoms with Gasteiger partial charge in [0.05, 0.1) is 11.3 Å². The van der Waals surface area contributed by atoms with E-state index in [-0.39, 0.29) is 4.90 Å². The summed E-state index contributed by atoms with van der Waals surface area (Å²) in [4.78, 5) is 0.0105. The Morgan fingerprint density at radius 2 is 1.65 bits per heavy atom. The number of halogens is 3. The molecule has 0 spiro atoms. The summed E-state index contributed by atoms with van der Waals surface area (Å²) < 4.78 is 61.9. The third-order valence-corrected chi connectivity index (χ3v) is 5.02. The van der Waals surface area contributed by atoms with Gasteiger partial charge < -0.3 is 5.73 Å². The number of sulfonamides is 1. The first-order chi connectivity index (χ1) is 8.95. The zero-order valence-electron chi connectivity index (χ0n) is 11.5. The van der Waals surface area contributed by atoms with Gasteiger partial charge in [-0.1, -0.05) is 0 Å². The molecule has 0 saturated carbocycles. The second-order valence-electron chi connectivity index (χ2n) is 4.68. The highest BCUT2D eigenvalue weighted by Crippen LogP contribution is 2.27. The van der Waals surface area contributed by atoms with Crippen molar-refractivity contribution in [1.82, 2.24) is 4.31 Å². The molecule has 20 heavy (non-hydrogen) atoms. The van der Waals surface area contributed by atoms with Gasteiger partial charge in [-0.25, -0.2) is 12.7 Å². The highest BCUT2D eigenvalue weighted by Gasteiger charge is 2.31. The van der Waals surface area contributed by atoms with Gasteiger partial charge in [-0.3, -0.25) is 0 Å². The van der Waals surface area contributed by atoms with Crippen molar-refractivity contribution in [3.63, 3.8) is 0 Å². The summed E-state index contributed by atoms with van der Waals surface area (Å²) in [6.07, 6.45) is -5.58. The lowest BCUT2D eigenvalue weighted by Gasteiger charge is -2.21. The van der Waals surface area contributed by atoms with E-state index in [0.717, 1.165) is 7.05 Å². The third kappa shape index (κ3) is 3.86. The van der Waals surface area contributed by atoms with Crippen molar-refractivity contribution in [1.29, 1.82) is 0 Å². The van der Waals surface area contributed by atoms with Crippen LogP contribution in [0.2, 0.25) is 0 Å². The predicted octanol–water partition coefficient (Wildman–Crippen LogP) is 2.46. The van der Waals surface area contributed by atoms with E-state index in [1.165, 1.54) is 12.1 Å². The van der Waals surface area contributed by atoms with Crippen LogP contribution in [0.1, 0.15) is 17.5 Å². The van der Waals surface area contributed by atoms with Crippen molar-refractivity contribution < 1.29 is 21.6 Å². The molecule has 0 atom stereocenters. The van der Waals surface area contributed by atoms with E-state index >= 15 is 0 Å². The van der Waals surface area contributed by atoms with Crippen molar-refractivity contribution in [3.05, 3.63) is 23.3 Å². The number of nitrogen functional groups attached to an aromatic ring is 1. The van der Waals surface area contributed by atoms with Crippen LogP contribution in [-0.4, -0.2) is 32.5 Å². The minimum Gasteiger partial charge on any atom is -0.399 e. The van der Waals surface area contributed by atoms with Gasteiger partial charge >= 0.3 is 6.18 Å². The average Bonchev–Trinajstić information content (AvgIpc) is 2.22. The van der Waals surface area contributed by atoms with E-state index in [2.05, 4.69) is 0 Å². The van der Waals surface area contributed by atoms with Crippen LogP contribution in [0.3, 0.4) is 0 Å². The molecule has 1 aromatic carbocycles. The lowest BCUT2D eigenvalue weighted by Crippen LogP contribution is -2.31. The fraction of sp³-hybridized carbons (Fsp3) is 0.500. The predicted molar refractivity (Wildman–Crippen MR) is 70.8 cm³/mol. The summed E-state index contributed by atoms with van der Waals surface area (Å²) in [5.74, 6) is 0. The Balaban J connectivity index is 3.11. The number of hydrogen-bond donors (Lipinski definition) is 1. The molecule has 0 heterocycles. The molecule has 1 rings (SSSR count). The van der Waals surface area contributed by atoms with E-state index in [4.69, 9.17) is 5.73 Å². The summed E-state index contributed by atoms with van der Waals surface area (Å²) in [5, 5.41) is 0. The summed E-state index contributed by atoms with van der Waals surface area (Å²) >= 11 is 0. The molecule has 0 unspecified atom stereocenters. The van der Waals surface area contributed by atoms with Crippen LogP contribution in [0.4, 0.5) is 18.9 Å². The Kier molecular flexibility index (Phi) is 4.70. The first-order valence-electron chi connectivity index (χ1n) is 5.85. The average molecular weight is 310 g/mol. The van der Waals surface area contributed by atoms with Crippen LogP contribution in [0.5, 0.6) is 0 Å². The number of aryl methyl sites for hydroxylation is 2. The Labute approximate surface area is 116 Å². The number of nitrogens with zero attached hydrogens (tertiary/aromatic N) is 1. The lowest BCUT2D eigenvalue weighted by atomic mass is 10.1. The third-order valence-electron chi connectivity index (χ3n) is 2.86. The maximum absolute atomic E-state index is 12.3. The van der Waals surface area contributed by atoms with E-state index in [1.54, 1.807) is 13.8 Å². The minimum absolute atomic E-state index is 0.0105. The smallest absolute Gasteiger partial charge is 0.390 e. The molecule has 0 aromatic heterocycles. The van der Waals surface area contributed by atoms with Crippen molar-refractivity contribution in [3.8, 4) is 0 Å². The van der Waals surface area contributed by atoms with Crippen molar-refractivity contribution in [2.75, 3.05) is 19.3 Å². The second-order valence-corrected chi connectivity index (χ2v) is 6.66. The van der Waals surface area contributed by atoms with Gasteiger partial charge in [0.25, 0.3) is 0 Å². The number of alkyl halides is 3. The molecule has 1 aromatic rings. The van der Waals surface area contributed by atoms with E-state index < -0.39 is 29.2 Å². The minimum atomic E-state index is -4.39. The van der Waals surface area contributed by atoms with Crippen LogP contribution in [0, 0.1) is 13.8 Å². The van der Waals surface area contributed by atoms with Gasteiger partial charge in [0.15, 0.2) is 0 Å². The van der Waals surface area contributed by atoms with Crippen molar-refractivity contribution in [2.24, 2.45) is 0 Å². The van der Waals surface area contributed by atoms with Crippen molar-refractivity contribution in [2.45, 2.75) is 31.3 Å². The molecule has 0 saturated heterocycles. The number of anilines is 1. The molecule has 0 aliphatic rings. The van der Waals surface area contributed by atoms with Crippen LogP contribution in [-0.2, 0) is 10.0 Å². The quantitative estimate of drug-likeness (QED) is 0.869. The number of rotatable bonds is 4. The molecule has 0 aliphatic carbocycles. The molecule has 114 valence electrons. The summed E-state index contributed by atoms with van der Waals surface area (Å²) in [6, 6.07) is 2.97. The van der Waals surface area contributed by atoms with Crippen LogP contribution in [0.25, 0.3) is 0 Å². The number of nitrogens with two attached hydrogens (primary N) is 1. The first kappa shape index (κ1) is 16.8. The Morgan fingerprint density at radius 1 is 1.20 bits per heavy atom. The van der Waals surface area contributed by atoms with Gasteiger partial charge in [-0.15, -0.1) is 0 Å². The molecule has 0 amide bonds. The Morgan fingerprint density at radius 3 is 2.05 bits per heavy atom. The molecular formula is C12H17F3N2O2S. The molecule has 4 nitrogen and oxygen atoms in total. The monoisotopic (exact) mass is 310 g/mol. The molecule has 0 radical (unpaired) electrons. The number of hydrogen-bond acceptors (Lipinski definition) is 3. The maximum Gasteiger partial charge on any atom is 0.390 e. The zero-order chi connectivity index (χ0) is 15.7. The highest BCUT2D eigenvalue weighted by molar-refractivity contribution is 7.89. The van der Waals surface area contributed by atoms with Gasteiger partial charge in [0, 0.05) is 19.3 Å². The number of benzene rings is 1. The Hall–Kier alpha value is -1.28. The SMILES string of the molecule is Cc1cc(N)cc(C)c1S(=O)(=O)N(C)CCC(F)(F)F. The fourth-order valence-corrected chi connectivity index (χ4v) is 3.53.